The molecule has 1 aromatic heterocycles. The number of aryl methyl sites for hydroxylation is 1. The van der Waals surface area contributed by atoms with E-state index in [1.807, 2.05) is 37.3 Å². The summed E-state index contributed by atoms with van der Waals surface area (Å²) >= 11 is 9.00. The second-order valence-electron chi connectivity index (χ2n) is 8.63. The van der Waals surface area contributed by atoms with Crippen LogP contribution < -0.4 is 4.90 Å². The normalized spacial score (nSPS) is 15.6. The zero-order chi connectivity index (χ0) is 26.6. The number of amides is 1. The molecule has 1 amide bonds. The molecule has 6 nitrogen and oxygen atoms in total. The molecule has 1 atom stereocenters. The SMILES string of the molecule is Cc1ccc(CSc2nnc(N3C(=O)C(O)=C(C(=O)C=Cc4ccccc4)C3c3cccc(Cl)c3)s2)cc1. The molecule has 1 unspecified atom stereocenters. The Morgan fingerprint density at radius 1 is 1.08 bits per heavy atom. The summed E-state index contributed by atoms with van der Waals surface area (Å²) in [5.74, 6) is -1.11. The molecule has 2 heterocycles. The first kappa shape index (κ1) is 25.9. The van der Waals surface area contributed by atoms with Crippen molar-refractivity contribution in [3.05, 3.63) is 124 Å². The molecule has 3 aromatic carbocycles. The smallest absolute Gasteiger partial charge is 0.296 e. The van der Waals surface area contributed by atoms with Crippen LogP contribution >= 0.6 is 34.7 Å². The van der Waals surface area contributed by atoms with Crippen LogP contribution in [0.3, 0.4) is 0 Å². The second kappa shape index (κ2) is 11.3. The van der Waals surface area contributed by atoms with Crippen molar-refractivity contribution in [1.82, 2.24) is 10.2 Å². The van der Waals surface area contributed by atoms with Crippen LogP contribution in [0.5, 0.6) is 0 Å². The summed E-state index contributed by atoms with van der Waals surface area (Å²) in [6.07, 6.45) is 3.01. The Bertz CT molecular complexity index is 1550. The summed E-state index contributed by atoms with van der Waals surface area (Å²) in [6.45, 7) is 2.04. The summed E-state index contributed by atoms with van der Waals surface area (Å²) in [6, 6.07) is 23.5. The number of aliphatic hydroxyl groups is 1. The molecule has 1 aliphatic heterocycles. The Labute approximate surface area is 233 Å². The van der Waals surface area contributed by atoms with Crippen molar-refractivity contribution >= 4 is 57.6 Å². The third-order valence-corrected chi connectivity index (χ3v) is 8.31. The molecule has 0 radical (unpaired) electrons. The summed E-state index contributed by atoms with van der Waals surface area (Å²) < 4.78 is 0.668. The van der Waals surface area contributed by atoms with Crippen molar-refractivity contribution in [3.8, 4) is 0 Å². The molecule has 1 aliphatic rings. The molecule has 0 aliphatic carbocycles. The quantitative estimate of drug-likeness (QED) is 0.142. The summed E-state index contributed by atoms with van der Waals surface area (Å²) in [5.41, 5.74) is 3.70. The molecule has 4 aromatic rings. The van der Waals surface area contributed by atoms with Gasteiger partial charge >= 0.3 is 0 Å². The molecule has 0 fully saturated rings. The Morgan fingerprint density at radius 2 is 1.84 bits per heavy atom. The Kier molecular flexibility index (Phi) is 7.74. The van der Waals surface area contributed by atoms with E-state index in [0.717, 1.165) is 11.1 Å². The van der Waals surface area contributed by atoms with Crippen LogP contribution in [0, 0.1) is 6.92 Å². The van der Waals surface area contributed by atoms with Crippen LogP contribution in [0.25, 0.3) is 6.08 Å². The fourth-order valence-corrected chi connectivity index (χ4v) is 6.08. The van der Waals surface area contributed by atoms with Crippen LogP contribution in [0.1, 0.15) is 28.3 Å². The van der Waals surface area contributed by atoms with Crippen LogP contribution in [0.4, 0.5) is 5.13 Å². The van der Waals surface area contributed by atoms with Gasteiger partial charge in [-0.1, -0.05) is 113 Å². The van der Waals surface area contributed by atoms with Crippen molar-refractivity contribution < 1.29 is 14.7 Å². The highest BCUT2D eigenvalue weighted by Gasteiger charge is 2.45. The topological polar surface area (TPSA) is 83.4 Å². The van der Waals surface area contributed by atoms with E-state index in [0.29, 0.717) is 20.7 Å². The van der Waals surface area contributed by atoms with Gasteiger partial charge in [0.15, 0.2) is 15.9 Å². The number of hydrogen-bond donors (Lipinski definition) is 1. The maximum Gasteiger partial charge on any atom is 0.296 e. The average Bonchev–Trinajstić information content (AvgIpc) is 3.49. The number of rotatable bonds is 8. The molecule has 9 heteroatoms. The summed E-state index contributed by atoms with van der Waals surface area (Å²) in [7, 11) is 0. The zero-order valence-electron chi connectivity index (χ0n) is 20.2. The van der Waals surface area contributed by atoms with E-state index in [1.54, 1.807) is 30.3 Å². The van der Waals surface area contributed by atoms with Gasteiger partial charge in [-0.15, -0.1) is 10.2 Å². The standard InChI is InChI=1S/C29H22ClN3O3S2/c1-18-10-12-20(13-11-18)17-37-29-32-31-28(38-29)33-25(21-8-5-9-22(30)16-21)24(26(35)27(33)36)23(34)15-14-19-6-3-2-4-7-19/h2-16,25,35H,17H2,1H3. The van der Waals surface area contributed by atoms with E-state index in [1.165, 1.54) is 39.6 Å². The molecule has 5 rings (SSSR count). The minimum absolute atomic E-state index is 0.0338. The molecule has 0 saturated carbocycles. The van der Waals surface area contributed by atoms with Crippen molar-refractivity contribution in [2.45, 2.75) is 23.1 Å². The molecule has 190 valence electrons. The van der Waals surface area contributed by atoms with Gasteiger partial charge in [-0.2, -0.15) is 0 Å². The van der Waals surface area contributed by atoms with E-state index in [4.69, 9.17) is 11.6 Å². The number of hydrogen-bond acceptors (Lipinski definition) is 7. The lowest BCUT2D eigenvalue weighted by atomic mass is 9.96. The van der Waals surface area contributed by atoms with E-state index in [2.05, 4.69) is 34.5 Å². The number of nitrogens with zero attached hydrogens (tertiary/aromatic N) is 3. The molecule has 0 bridgehead atoms. The van der Waals surface area contributed by atoms with Crippen molar-refractivity contribution in [3.63, 3.8) is 0 Å². The highest BCUT2D eigenvalue weighted by molar-refractivity contribution is 8.00. The highest BCUT2D eigenvalue weighted by Crippen LogP contribution is 2.43. The lowest BCUT2D eigenvalue weighted by Gasteiger charge is -2.23. The van der Waals surface area contributed by atoms with Gasteiger partial charge in [0.2, 0.25) is 5.13 Å². The fourth-order valence-electron chi connectivity index (χ4n) is 4.06. The van der Waals surface area contributed by atoms with E-state index < -0.39 is 23.5 Å². The molecule has 0 spiro atoms. The molecule has 38 heavy (non-hydrogen) atoms. The Morgan fingerprint density at radius 3 is 2.58 bits per heavy atom. The van der Waals surface area contributed by atoms with Crippen molar-refractivity contribution in [1.29, 1.82) is 0 Å². The molecular weight excluding hydrogens is 538 g/mol. The van der Waals surface area contributed by atoms with Crippen molar-refractivity contribution in [2.75, 3.05) is 4.90 Å². The number of carbonyl (C=O) groups excluding carboxylic acids is 2. The number of aliphatic hydroxyl groups excluding tert-OH is 1. The lowest BCUT2D eigenvalue weighted by molar-refractivity contribution is -0.117. The molecular formula is C29H22ClN3O3S2. The molecule has 0 saturated heterocycles. The minimum Gasteiger partial charge on any atom is -0.503 e. The Balaban J connectivity index is 1.45. The first-order valence-electron chi connectivity index (χ1n) is 11.7. The van der Waals surface area contributed by atoms with E-state index in [-0.39, 0.29) is 10.7 Å². The van der Waals surface area contributed by atoms with Crippen LogP contribution in [0.15, 0.2) is 101 Å². The number of carbonyl (C=O) groups is 2. The van der Waals surface area contributed by atoms with E-state index in [9.17, 15) is 14.7 Å². The Hall–Kier alpha value is -3.72. The zero-order valence-corrected chi connectivity index (χ0v) is 22.6. The number of aromatic nitrogens is 2. The number of thioether (sulfide) groups is 1. The summed E-state index contributed by atoms with van der Waals surface area (Å²) in [4.78, 5) is 28.0. The van der Waals surface area contributed by atoms with Gasteiger partial charge in [0.05, 0.1) is 11.6 Å². The monoisotopic (exact) mass is 559 g/mol. The summed E-state index contributed by atoms with van der Waals surface area (Å²) in [5, 5.41) is 20.1. The van der Waals surface area contributed by atoms with Gasteiger partial charge in [-0.3, -0.25) is 14.5 Å². The number of anilines is 1. The van der Waals surface area contributed by atoms with E-state index >= 15 is 0 Å². The third kappa shape index (κ3) is 5.57. The second-order valence-corrected chi connectivity index (χ2v) is 11.2. The maximum atomic E-state index is 13.4. The number of allylic oxidation sites excluding steroid dienone is 1. The van der Waals surface area contributed by atoms with Gasteiger partial charge < -0.3 is 5.11 Å². The fraction of sp³-hybridized carbons (Fsp3) is 0.103. The number of benzene rings is 3. The lowest BCUT2D eigenvalue weighted by Crippen LogP contribution is -2.30. The maximum absolute atomic E-state index is 13.4. The number of halogens is 1. The van der Waals surface area contributed by atoms with Gasteiger partial charge in [0, 0.05) is 10.8 Å². The van der Waals surface area contributed by atoms with Crippen molar-refractivity contribution in [2.24, 2.45) is 0 Å². The predicted molar refractivity (Wildman–Crippen MR) is 152 cm³/mol. The first-order valence-corrected chi connectivity index (χ1v) is 13.9. The third-order valence-electron chi connectivity index (χ3n) is 5.95. The van der Waals surface area contributed by atoms with Crippen LogP contribution in [0.2, 0.25) is 5.02 Å². The van der Waals surface area contributed by atoms with Crippen LogP contribution in [-0.2, 0) is 15.3 Å². The van der Waals surface area contributed by atoms with Gasteiger partial charge in [-0.25, -0.2) is 0 Å². The largest absolute Gasteiger partial charge is 0.503 e. The first-order chi connectivity index (χ1) is 18.4. The van der Waals surface area contributed by atoms with Gasteiger partial charge in [0.25, 0.3) is 5.91 Å². The van der Waals surface area contributed by atoms with Gasteiger partial charge in [-0.05, 0) is 41.8 Å². The predicted octanol–water partition coefficient (Wildman–Crippen LogP) is 6.97. The highest BCUT2D eigenvalue weighted by atomic mass is 35.5. The average molecular weight is 560 g/mol. The molecule has 1 N–H and O–H groups in total. The van der Waals surface area contributed by atoms with Crippen LogP contribution in [-0.4, -0.2) is 27.0 Å². The van der Waals surface area contributed by atoms with Gasteiger partial charge in [0.1, 0.15) is 0 Å². The number of ketones is 1. The minimum atomic E-state index is -0.906.